The zero-order valence-electron chi connectivity index (χ0n) is 5.86. The molecule has 0 atom stereocenters. The molecule has 0 aliphatic heterocycles. The van der Waals surface area contributed by atoms with Crippen LogP contribution in [0.4, 0.5) is 11.5 Å². The number of nitrogens with two attached hydrogens (primary N) is 3. The number of aliphatic imine (C=N–C) groups is 1. The highest BCUT2D eigenvalue weighted by Crippen LogP contribution is 2.08. The molecule has 1 heterocycles. The van der Waals surface area contributed by atoms with Gasteiger partial charge in [0.2, 0.25) is 0 Å². The lowest BCUT2D eigenvalue weighted by Crippen LogP contribution is -2.22. The summed E-state index contributed by atoms with van der Waals surface area (Å²) in [5.74, 6) is 0.446. The Morgan fingerprint density at radius 2 is 2.09 bits per heavy atom. The van der Waals surface area contributed by atoms with Crippen molar-refractivity contribution in [3.63, 3.8) is 0 Å². The Kier molecular flexibility index (Phi) is 1.91. The molecule has 11 heavy (non-hydrogen) atoms. The summed E-state index contributed by atoms with van der Waals surface area (Å²) >= 11 is 0. The lowest BCUT2D eigenvalue weighted by atomic mass is 10.4. The fourth-order valence-corrected chi connectivity index (χ4v) is 0.596. The van der Waals surface area contributed by atoms with Crippen LogP contribution in [0.5, 0.6) is 0 Å². The summed E-state index contributed by atoms with van der Waals surface area (Å²) in [6, 6.07) is 3.31. The van der Waals surface area contributed by atoms with E-state index >= 15 is 0 Å². The highest BCUT2D eigenvalue weighted by Gasteiger charge is 1.89. The molecular weight excluding hydrogens is 142 g/mol. The molecule has 0 amide bonds. The van der Waals surface area contributed by atoms with Crippen LogP contribution in [0.25, 0.3) is 0 Å². The Bertz CT molecular complexity index is 259. The molecule has 0 aliphatic carbocycles. The minimum absolute atomic E-state index is 0.0118. The van der Waals surface area contributed by atoms with E-state index in [4.69, 9.17) is 17.2 Å². The lowest BCUT2D eigenvalue weighted by molar-refractivity contribution is 1.26. The van der Waals surface area contributed by atoms with Gasteiger partial charge in [0.25, 0.3) is 0 Å². The standard InChI is InChI=1S/C6H9N5/c7-4-1-2-5(10-3-4)11-6(8)9/h1-3H,7H2,(H4,8,9,10,11). The number of rotatable bonds is 1. The second kappa shape index (κ2) is 2.87. The summed E-state index contributed by atoms with van der Waals surface area (Å²) in [6.45, 7) is 0. The van der Waals surface area contributed by atoms with Gasteiger partial charge in [-0.3, -0.25) is 0 Å². The van der Waals surface area contributed by atoms with Crippen LogP contribution in [0.3, 0.4) is 0 Å². The Labute approximate surface area is 63.9 Å². The third kappa shape index (κ3) is 2.13. The van der Waals surface area contributed by atoms with Gasteiger partial charge in [0, 0.05) is 0 Å². The van der Waals surface area contributed by atoms with Crippen LogP contribution >= 0.6 is 0 Å². The number of anilines is 1. The first-order chi connectivity index (χ1) is 5.18. The molecule has 0 unspecified atom stereocenters. The second-order valence-electron chi connectivity index (χ2n) is 1.99. The fourth-order valence-electron chi connectivity index (χ4n) is 0.596. The highest BCUT2D eigenvalue weighted by atomic mass is 15.0. The largest absolute Gasteiger partial charge is 0.397 e. The van der Waals surface area contributed by atoms with Gasteiger partial charge in [-0.1, -0.05) is 0 Å². The van der Waals surface area contributed by atoms with E-state index in [1.54, 1.807) is 12.1 Å². The van der Waals surface area contributed by atoms with Crippen LogP contribution < -0.4 is 17.2 Å². The second-order valence-corrected chi connectivity index (χ2v) is 1.99. The highest BCUT2D eigenvalue weighted by molar-refractivity contribution is 5.78. The first-order valence-corrected chi connectivity index (χ1v) is 2.99. The van der Waals surface area contributed by atoms with E-state index in [9.17, 15) is 0 Å². The quantitative estimate of drug-likeness (QED) is 0.374. The molecule has 0 fully saturated rings. The molecule has 1 aromatic heterocycles. The van der Waals surface area contributed by atoms with Crippen molar-refractivity contribution < 1.29 is 0 Å². The third-order valence-corrected chi connectivity index (χ3v) is 1.01. The predicted octanol–water partition coefficient (Wildman–Crippen LogP) is -0.431. The molecule has 0 saturated heterocycles. The Morgan fingerprint density at radius 1 is 1.36 bits per heavy atom. The molecule has 0 aliphatic rings. The van der Waals surface area contributed by atoms with Gasteiger partial charge >= 0.3 is 0 Å². The zero-order valence-corrected chi connectivity index (χ0v) is 5.86. The summed E-state index contributed by atoms with van der Waals surface area (Å²) in [5, 5.41) is 0. The zero-order chi connectivity index (χ0) is 8.27. The summed E-state index contributed by atoms with van der Waals surface area (Å²) < 4.78 is 0. The van der Waals surface area contributed by atoms with Crippen LogP contribution in [0, 0.1) is 0 Å². The van der Waals surface area contributed by atoms with Crippen LogP contribution in [-0.4, -0.2) is 10.9 Å². The van der Waals surface area contributed by atoms with Crippen molar-refractivity contribution in [3.8, 4) is 0 Å². The minimum atomic E-state index is -0.0118. The molecule has 0 saturated carbocycles. The van der Waals surface area contributed by atoms with Gasteiger partial charge in [0.15, 0.2) is 11.8 Å². The van der Waals surface area contributed by atoms with E-state index in [-0.39, 0.29) is 5.96 Å². The van der Waals surface area contributed by atoms with Crippen LogP contribution in [-0.2, 0) is 0 Å². The topological polar surface area (TPSA) is 103 Å². The Hall–Kier alpha value is -1.78. The summed E-state index contributed by atoms with van der Waals surface area (Å²) in [6.07, 6.45) is 1.49. The molecule has 5 nitrogen and oxygen atoms in total. The molecule has 5 heteroatoms. The maximum atomic E-state index is 5.38. The predicted molar refractivity (Wildman–Crippen MR) is 44.1 cm³/mol. The number of nitrogens with zero attached hydrogens (tertiary/aromatic N) is 2. The lowest BCUT2D eigenvalue weighted by Gasteiger charge is -1.93. The minimum Gasteiger partial charge on any atom is -0.397 e. The number of guanidine groups is 1. The molecule has 0 radical (unpaired) electrons. The number of hydrogen-bond donors (Lipinski definition) is 3. The molecule has 1 rings (SSSR count). The van der Waals surface area contributed by atoms with E-state index in [1.165, 1.54) is 6.20 Å². The molecule has 0 aromatic carbocycles. The molecular formula is C6H9N5. The molecule has 58 valence electrons. The smallest absolute Gasteiger partial charge is 0.192 e. The van der Waals surface area contributed by atoms with Gasteiger partial charge in [-0.15, -0.1) is 0 Å². The van der Waals surface area contributed by atoms with Gasteiger partial charge in [0.05, 0.1) is 11.9 Å². The Balaban J connectivity index is 2.91. The van der Waals surface area contributed by atoms with Gasteiger partial charge in [-0.25, -0.2) is 4.98 Å². The molecule has 6 N–H and O–H groups in total. The van der Waals surface area contributed by atoms with Crippen molar-refractivity contribution in [2.75, 3.05) is 5.73 Å². The van der Waals surface area contributed by atoms with Crippen molar-refractivity contribution in [2.24, 2.45) is 16.5 Å². The van der Waals surface area contributed by atoms with E-state index in [2.05, 4.69) is 9.98 Å². The van der Waals surface area contributed by atoms with Crippen LogP contribution in [0.1, 0.15) is 0 Å². The molecule has 1 aromatic rings. The first-order valence-electron chi connectivity index (χ1n) is 2.99. The number of aromatic nitrogens is 1. The maximum absolute atomic E-state index is 5.38. The van der Waals surface area contributed by atoms with Crippen molar-refractivity contribution >= 4 is 17.5 Å². The van der Waals surface area contributed by atoms with Gasteiger partial charge in [0.1, 0.15) is 0 Å². The van der Waals surface area contributed by atoms with Crippen molar-refractivity contribution in [1.82, 2.24) is 4.98 Å². The van der Waals surface area contributed by atoms with E-state index in [0.29, 0.717) is 11.5 Å². The van der Waals surface area contributed by atoms with Crippen molar-refractivity contribution in [1.29, 1.82) is 0 Å². The van der Waals surface area contributed by atoms with Gasteiger partial charge < -0.3 is 17.2 Å². The van der Waals surface area contributed by atoms with E-state index in [1.807, 2.05) is 0 Å². The van der Waals surface area contributed by atoms with Crippen molar-refractivity contribution in [3.05, 3.63) is 18.3 Å². The SMILES string of the molecule is NC(N)=Nc1ccc(N)cn1. The summed E-state index contributed by atoms with van der Waals surface area (Å²) in [5.41, 5.74) is 16.2. The molecule has 0 bridgehead atoms. The number of hydrogen-bond acceptors (Lipinski definition) is 3. The summed E-state index contributed by atoms with van der Waals surface area (Å²) in [7, 11) is 0. The van der Waals surface area contributed by atoms with Crippen LogP contribution in [0.2, 0.25) is 0 Å². The van der Waals surface area contributed by atoms with Crippen molar-refractivity contribution in [2.45, 2.75) is 0 Å². The van der Waals surface area contributed by atoms with Crippen LogP contribution in [0.15, 0.2) is 23.3 Å². The van der Waals surface area contributed by atoms with Gasteiger partial charge in [-0.2, -0.15) is 4.99 Å². The maximum Gasteiger partial charge on any atom is 0.192 e. The first kappa shape index (κ1) is 7.33. The van der Waals surface area contributed by atoms with E-state index < -0.39 is 0 Å². The Morgan fingerprint density at radius 3 is 2.55 bits per heavy atom. The summed E-state index contributed by atoms with van der Waals surface area (Å²) in [4.78, 5) is 7.55. The van der Waals surface area contributed by atoms with Gasteiger partial charge in [-0.05, 0) is 12.1 Å². The fraction of sp³-hybridized carbons (Fsp3) is 0. The number of nitrogen functional groups attached to an aromatic ring is 1. The molecule has 0 spiro atoms. The van der Waals surface area contributed by atoms with E-state index in [0.717, 1.165) is 0 Å². The third-order valence-electron chi connectivity index (χ3n) is 1.01. The normalized spacial score (nSPS) is 9.09. The average Bonchev–Trinajstić information content (AvgIpc) is 1.93. The average molecular weight is 151 g/mol. The number of pyridine rings is 1. The monoisotopic (exact) mass is 151 g/mol.